The summed E-state index contributed by atoms with van der Waals surface area (Å²) in [4.78, 5) is 33.2. The van der Waals surface area contributed by atoms with E-state index in [0.717, 1.165) is 27.8 Å². The molecule has 3 heterocycles. The lowest BCUT2D eigenvalue weighted by molar-refractivity contribution is -0.120. The largest absolute Gasteiger partial charge is 0.346 e. The third-order valence-corrected chi connectivity index (χ3v) is 7.57. The molecule has 1 N–H and O–H groups in total. The van der Waals surface area contributed by atoms with Crippen molar-refractivity contribution in [3.05, 3.63) is 120 Å². The normalized spacial score (nSPS) is 18.8. The van der Waals surface area contributed by atoms with Crippen LogP contribution < -0.4 is 10.2 Å². The fourth-order valence-electron chi connectivity index (χ4n) is 5.65. The van der Waals surface area contributed by atoms with E-state index in [0.29, 0.717) is 18.4 Å². The van der Waals surface area contributed by atoms with Crippen molar-refractivity contribution in [2.45, 2.75) is 31.8 Å². The standard InChI is InChI=1S/C32H28FN5O2/c1-2-28-30(36-31(39)22-9-6-16-34-19-22)27(17-21-7-4-3-5-8-21)32(40)37(28)26-14-15-29-23(18-26)20-35-38(29)25-12-10-24(33)11-13-25/h3-16,18-20,27-28,30H,2,17H2,1H3,(H,36,39)/t27?,28-,30?/m1/s1. The molecule has 0 aliphatic carbocycles. The monoisotopic (exact) mass is 533 g/mol. The van der Waals surface area contributed by atoms with Crippen LogP contribution in [0.15, 0.2) is 104 Å². The van der Waals surface area contributed by atoms with E-state index in [1.54, 1.807) is 41.3 Å². The topological polar surface area (TPSA) is 80.1 Å². The Morgan fingerprint density at radius 1 is 0.950 bits per heavy atom. The Morgan fingerprint density at radius 3 is 2.45 bits per heavy atom. The Balaban J connectivity index is 1.36. The number of benzene rings is 3. The van der Waals surface area contributed by atoms with Gasteiger partial charge in [-0.05, 0) is 73.0 Å². The molecule has 2 unspecified atom stereocenters. The molecule has 3 atom stereocenters. The Kier molecular flexibility index (Phi) is 6.82. The van der Waals surface area contributed by atoms with E-state index in [1.807, 2.05) is 60.4 Å². The highest BCUT2D eigenvalue weighted by molar-refractivity contribution is 6.02. The molecular formula is C32H28FN5O2. The molecule has 0 spiro atoms. The van der Waals surface area contributed by atoms with Gasteiger partial charge in [0.25, 0.3) is 5.91 Å². The molecule has 2 aromatic heterocycles. The van der Waals surface area contributed by atoms with Gasteiger partial charge < -0.3 is 10.2 Å². The summed E-state index contributed by atoms with van der Waals surface area (Å²) < 4.78 is 15.2. The molecule has 0 radical (unpaired) electrons. The number of halogens is 1. The van der Waals surface area contributed by atoms with Crippen LogP contribution in [0.4, 0.5) is 10.1 Å². The van der Waals surface area contributed by atoms with Crippen LogP contribution in [-0.4, -0.2) is 38.7 Å². The summed E-state index contributed by atoms with van der Waals surface area (Å²) in [5.41, 5.74) is 3.83. The molecule has 1 aliphatic heterocycles. The van der Waals surface area contributed by atoms with Crippen molar-refractivity contribution >= 4 is 28.4 Å². The number of nitrogens with zero attached hydrogens (tertiary/aromatic N) is 4. The first-order chi connectivity index (χ1) is 19.5. The van der Waals surface area contributed by atoms with Crippen LogP contribution in [0.5, 0.6) is 0 Å². The second-order valence-electron chi connectivity index (χ2n) is 10.00. The molecule has 8 heteroatoms. The van der Waals surface area contributed by atoms with Crippen LogP contribution in [0.3, 0.4) is 0 Å². The maximum Gasteiger partial charge on any atom is 0.253 e. The quantitative estimate of drug-likeness (QED) is 0.306. The average molecular weight is 534 g/mol. The lowest BCUT2D eigenvalue weighted by Crippen LogP contribution is -2.47. The van der Waals surface area contributed by atoms with Crippen LogP contribution in [0, 0.1) is 11.7 Å². The molecule has 1 saturated heterocycles. The number of anilines is 1. The van der Waals surface area contributed by atoms with E-state index in [1.165, 1.54) is 18.3 Å². The minimum atomic E-state index is -0.439. The average Bonchev–Trinajstić information content (AvgIpc) is 3.52. The van der Waals surface area contributed by atoms with Crippen molar-refractivity contribution in [3.63, 3.8) is 0 Å². The summed E-state index contributed by atoms with van der Waals surface area (Å²) in [7, 11) is 0. The predicted octanol–water partition coefficient (Wildman–Crippen LogP) is 5.34. The number of rotatable bonds is 7. The second kappa shape index (κ2) is 10.7. The zero-order valence-electron chi connectivity index (χ0n) is 21.9. The number of hydrogen-bond acceptors (Lipinski definition) is 4. The number of nitrogens with one attached hydrogen (secondary N) is 1. The van der Waals surface area contributed by atoms with Crippen LogP contribution in [0.2, 0.25) is 0 Å². The van der Waals surface area contributed by atoms with Gasteiger partial charge >= 0.3 is 0 Å². The first kappa shape index (κ1) is 25.4. The second-order valence-corrected chi connectivity index (χ2v) is 10.00. The van der Waals surface area contributed by atoms with Crippen molar-refractivity contribution in [1.29, 1.82) is 0 Å². The first-order valence-corrected chi connectivity index (χ1v) is 13.3. The maximum absolute atomic E-state index is 14.1. The number of pyridine rings is 1. The van der Waals surface area contributed by atoms with Gasteiger partial charge in [-0.1, -0.05) is 37.3 Å². The predicted molar refractivity (Wildman–Crippen MR) is 152 cm³/mol. The SMILES string of the molecule is CC[C@@H]1C(NC(=O)c2cccnc2)C(Cc2ccccc2)C(=O)N1c1ccc2c(cnn2-c2ccc(F)cc2)c1. The smallest absolute Gasteiger partial charge is 0.253 e. The zero-order valence-corrected chi connectivity index (χ0v) is 21.9. The van der Waals surface area contributed by atoms with Crippen molar-refractivity contribution in [3.8, 4) is 5.69 Å². The van der Waals surface area contributed by atoms with Gasteiger partial charge in [0.1, 0.15) is 5.82 Å². The molecule has 0 bridgehead atoms. The number of aromatic nitrogens is 3. The fraction of sp³-hybridized carbons (Fsp3) is 0.188. The van der Waals surface area contributed by atoms with Gasteiger partial charge in [0.05, 0.1) is 41.0 Å². The maximum atomic E-state index is 14.1. The van der Waals surface area contributed by atoms with Crippen molar-refractivity contribution in [2.24, 2.45) is 5.92 Å². The highest BCUT2D eigenvalue weighted by Gasteiger charge is 2.48. The molecule has 3 aromatic carbocycles. The third-order valence-electron chi connectivity index (χ3n) is 7.57. The summed E-state index contributed by atoms with van der Waals surface area (Å²) in [5, 5.41) is 8.54. The van der Waals surface area contributed by atoms with Gasteiger partial charge in [0.15, 0.2) is 0 Å². The van der Waals surface area contributed by atoms with Crippen LogP contribution >= 0.6 is 0 Å². The van der Waals surface area contributed by atoms with E-state index >= 15 is 0 Å². The van der Waals surface area contributed by atoms with Crippen LogP contribution in [0.25, 0.3) is 16.6 Å². The molecule has 6 rings (SSSR count). The highest BCUT2D eigenvalue weighted by atomic mass is 19.1. The molecule has 0 saturated carbocycles. The number of carbonyl (C=O) groups is 2. The van der Waals surface area contributed by atoms with Crippen LogP contribution in [-0.2, 0) is 11.2 Å². The van der Waals surface area contributed by atoms with Crippen molar-refractivity contribution in [1.82, 2.24) is 20.1 Å². The van der Waals surface area contributed by atoms with Crippen molar-refractivity contribution < 1.29 is 14.0 Å². The summed E-state index contributed by atoms with van der Waals surface area (Å²) in [6.07, 6.45) is 6.06. The number of hydrogen-bond donors (Lipinski definition) is 1. The number of amides is 2. The summed E-state index contributed by atoms with van der Waals surface area (Å²) in [5.74, 6) is -1.03. The molecule has 2 amide bonds. The van der Waals surface area contributed by atoms with E-state index in [9.17, 15) is 14.0 Å². The number of fused-ring (bicyclic) bond motifs is 1. The molecule has 1 aliphatic rings. The molecule has 200 valence electrons. The van der Waals surface area contributed by atoms with E-state index in [-0.39, 0.29) is 23.7 Å². The Labute approximate surface area is 231 Å². The van der Waals surface area contributed by atoms with E-state index in [2.05, 4.69) is 15.4 Å². The third kappa shape index (κ3) is 4.73. The van der Waals surface area contributed by atoms with Gasteiger partial charge in [-0.25, -0.2) is 9.07 Å². The molecule has 1 fully saturated rings. The summed E-state index contributed by atoms with van der Waals surface area (Å²) in [6, 6.07) is 24.6. The van der Waals surface area contributed by atoms with Gasteiger partial charge in [-0.15, -0.1) is 0 Å². The molecule has 40 heavy (non-hydrogen) atoms. The Bertz CT molecular complexity index is 1650. The van der Waals surface area contributed by atoms with Crippen molar-refractivity contribution in [2.75, 3.05) is 4.90 Å². The lowest BCUT2D eigenvalue weighted by atomic mass is 9.90. The zero-order chi connectivity index (χ0) is 27.6. The Hall–Kier alpha value is -4.85. The minimum absolute atomic E-state index is 0.0301. The molecule has 7 nitrogen and oxygen atoms in total. The lowest BCUT2D eigenvalue weighted by Gasteiger charge is -2.28. The highest BCUT2D eigenvalue weighted by Crippen LogP contribution is 2.36. The fourth-order valence-corrected chi connectivity index (χ4v) is 5.65. The minimum Gasteiger partial charge on any atom is -0.346 e. The first-order valence-electron chi connectivity index (χ1n) is 13.3. The number of carbonyl (C=O) groups excluding carboxylic acids is 2. The van der Waals surface area contributed by atoms with E-state index < -0.39 is 12.0 Å². The van der Waals surface area contributed by atoms with Gasteiger partial charge in [-0.2, -0.15) is 5.10 Å². The van der Waals surface area contributed by atoms with Gasteiger partial charge in [0, 0.05) is 23.5 Å². The van der Waals surface area contributed by atoms with E-state index in [4.69, 9.17) is 0 Å². The summed E-state index contributed by atoms with van der Waals surface area (Å²) >= 11 is 0. The van der Waals surface area contributed by atoms with Gasteiger partial charge in [-0.3, -0.25) is 14.6 Å². The van der Waals surface area contributed by atoms with Gasteiger partial charge in [0.2, 0.25) is 5.91 Å². The Morgan fingerprint density at radius 2 is 1.73 bits per heavy atom. The molecule has 5 aromatic rings. The summed E-state index contributed by atoms with van der Waals surface area (Å²) in [6.45, 7) is 2.03. The van der Waals surface area contributed by atoms with Crippen LogP contribution in [0.1, 0.15) is 29.3 Å². The molecular weight excluding hydrogens is 505 g/mol.